The smallest absolute Gasteiger partial charge is 0.0603 e. The van der Waals surface area contributed by atoms with Gasteiger partial charge in [-0.3, -0.25) is 4.90 Å². The summed E-state index contributed by atoms with van der Waals surface area (Å²) in [5.74, 6) is 0. The molecule has 0 N–H and O–H groups in total. The fourth-order valence-corrected chi connectivity index (χ4v) is 2.11. The third-order valence-electron chi connectivity index (χ3n) is 2.37. The molecule has 1 rings (SSSR count). The number of halogens is 1. The van der Waals surface area contributed by atoms with Gasteiger partial charge in [-0.15, -0.1) is 0 Å². The van der Waals surface area contributed by atoms with Crippen molar-refractivity contribution in [3.05, 3.63) is 22.2 Å². The minimum Gasteiger partial charge on any atom is -0.293 e. The van der Waals surface area contributed by atoms with Gasteiger partial charge in [0.05, 0.1) is 6.04 Å². The average molecular weight is 230 g/mol. The number of rotatable bonds is 3. The van der Waals surface area contributed by atoms with E-state index in [9.17, 15) is 0 Å². The van der Waals surface area contributed by atoms with Crippen molar-refractivity contribution in [1.82, 2.24) is 4.90 Å². The first-order chi connectivity index (χ1) is 5.70. The summed E-state index contributed by atoms with van der Waals surface area (Å²) in [6.45, 7) is 8.75. The summed E-state index contributed by atoms with van der Waals surface area (Å²) in [7, 11) is 0. The van der Waals surface area contributed by atoms with Crippen LogP contribution in [0.15, 0.2) is 22.2 Å². The predicted molar refractivity (Wildman–Crippen MR) is 57.5 cm³/mol. The highest BCUT2D eigenvalue weighted by Crippen LogP contribution is 2.28. The van der Waals surface area contributed by atoms with Gasteiger partial charge in [-0.05, 0) is 25.6 Å². The molecule has 1 aliphatic carbocycles. The normalized spacial score (nSPS) is 22.9. The van der Waals surface area contributed by atoms with Crippen molar-refractivity contribution in [1.29, 1.82) is 0 Å². The van der Waals surface area contributed by atoms with Crippen molar-refractivity contribution in [2.24, 2.45) is 0 Å². The molecule has 12 heavy (non-hydrogen) atoms. The van der Waals surface area contributed by atoms with Crippen molar-refractivity contribution >= 4 is 15.9 Å². The van der Waals surface area contributed by atoms with E-state index in [1.54, 1.807) is 0 Å². The van der Waals surface area contributed by atoms with Crippen molar-refractivity contribution in [2.45, 2.75) is 26.8 Å². The largest absolute Gasteiger partial charge is 0.293 e. The minimum atomic E-state index is 0.486. The summed E-state index contributed by atoms with van der Waals surface area (Å²) in [5.41, 5.74) is 1.35. The summed E-state index contributed by atoms with van der Waals surface area (Å²) in [5, 5.41) is 0. The van der Waals surface area contributed by atoms with Crippen LogP contribution in [0.3, 0.4) is 0 Å². The van der Waals surface area contributed by atoms with Crippen molar-refractivity contribution in [2.75, 3.05) is 13.1 Å². The topological polar surface area (TPSA) is 3.24 Å². The fraction of sp³-hybridized carbons (Fsp3) is 0.600. The lowest BCUT2D eigenvalue weighted by Crippen LogP contribution is -2.32. The molecule has 1 aliphatic rings. The van der Waals surface area contributed by atoms with Gasteiger partial charge in [0, 0.05) is 4.48 Å². The molecule has 0 aromatic heterocycles. The lowest BCUT2D eigenvalue weighted by atomic mass is 10.2. The maximum atomic E-state index is 3.63. The first kappa shape index (κ1) is 10.0. The molecule has 0 aromatic rings. The highest BCUT2D eigenvalue weighted by Gasteiger charge is 2.20. The summed E-state index contributed by atoms with van der Waals surface area (Å²) in [6, 6.07) is 0.486. The SMILES string of the molecule is CCN(CC)C1C=CC(C)=C1Br. The third-order valence-corrected chi connectivity index (χ3v) is 3.47. The Balaban J connectivity index is 2.72. The number of likely N-dealkylation sites (N-methyl/N-ethyl adjacent to an activating group) is 1. The van der Waals surface area contributed by atoms with Gasteiger partial charge in [0.15, 0.2) is 0 Å². The van der Waals surface area contributed by atoms with Crippen molar-refractivity contribution in [3.8, 4) is 0 Å². The number of allylic oxidation sites excluding steroid dienone is 2. The molecule has 1 unspecified atom stereocenters. The Morgan fingerprint density at radius 1 is 1.42 bits per heavy atom. The molecule has 1 nitrogen and oxygen atoms in total. The minimum absolute atomic E-state index is 0.486. The molecule has 2 heteroatoms. The Hall–Kier alpha value is -0.0800. The van der Waals surface area contributed by atoms with Gasteiger partial charge in [-0.25, -0.2) is 0 Å². The van der Waals surface area contributed by atoms with E-state index in [4.69, 9.17) is 0 Å². The molecule has 0 heterocycles. The molecular weight excluding hydrogens is 214 g/mol. The van der Waals surface area contributed by atoms with E-state index in [1.165, 1.54) is 10.1 Å². The monoisotopic (exact) mass is 229 g/mol. The van der Waals surface area contributed by atoms with Gasteiger partial charge in [-0.2, -0.15) is 0 Å². The van der Waals surface area contributed by atoms with E-state index in [0.717, 1.165) is 13.1 Å². The molecule has 0 amide bonds. The highest BCUT2D eigenvalue weighted by molar-refractivity contribution is 9.11. The van der Waals surface area contributed by atoms with Crippen LogP contribution in [0.5, 0.6) is 0 Å². The Bertz CT molecular complexity index is 214. The number of hydrogen-bond donors (Lipinski definition) is 0. The average Bonchev–Trinajstić information content (AvgIpc) is 2.38. The molecule has 0 bridgehead atoms. The van der Waals surface area contributed by atoms with Crippen LogP contribution in [0, 0.1) is 0 Å². The molecule has 0 radical (unpaired) electrons. The number of nitrogens with zero attached hydrogens (tertiary/aromatic N) is 1. The molecule has 0 aromatic carbocycles. The van der Waals surface area contributed by atoms with Crippen LogP contribution >= 0.6 is 15.9 Å². The second kappa shape index (κ2) is 4.24. The zero-order valence-corrected chi connectivity index (χ0v) is 9.56. The Labute approximate surface area is 83.3 Å². The van der Waals surface area contributed by atoms with Gasteiger partial charge in [0.1, 0.15) is 0 Å². The van der Waals surface area contributed by atoms with Gasteiger partial charge in [-0.1, -0.05) is 41.9 Å². The first-order valence-corrected chi connectivity index (χ1v) is 5.28. The van der Waals surface area contributed by atoms with Crippen molar-refractivity contribution in [3.63, 3.8) is 0 Å². The Morgan fingerprint density at radius 3 is 2.33 bits per heavy atom. The zero-order valence-electron chi connectivity index (χ0n) is 7.97. The van der Waals surface area contributed by atoms with Crippen LogP contribution in [0.4, 0.5) is 0 Å². The van der Waals surface area contributed by atoms with E-state index in [1.807, 2.05) is 0 Å². The van der Waals surface area contributed by atoms with E-state index < -0.39 is 0 Å². The van der Waals surface area contributed by atoms with Crippen LogP contribution < -0.4 is 0 Å². The lowest BCUT2D eigenvalue weighted by Gasteiger charge is -2.25. The van der Waals surface area contributed by atoms with Crippen molar-refractivity contribution < 1.29 is 0 Å². The molecule has 0 aliphatic heterocycles. The molecule has 1 atom stereocenters. The van der Waals surface area contributed by atoms with Crippen LogP contribution in [0.25, 0.3) is 0 Å². The summed E-state index contributed by atoms with van der Waals surface area (Å²) in [4.78, 5) is 2.43. The lowest BCUT2D eigenvalue weighted by molar-refractivity contribution is 0.288. The third kappa shape index (κ3) is 1.80. The maximum absolute atomic E-state index is 3.63. The van der Waals surface area contributed by atoms with Crippen LogP contribution in [0.2, 0.25) is 0 Å². The van der Waals surface area contributed by atoms with Gasteiger partial charge >= 0.3 is 0 Å². The molecule has 68 valence electrons. The molecule has 0 spiro atoms. The van der Waals surface area contributed by atoms with E-state index in [-0.39, 0.29) is 0 Å². The van der Waals surface area contributed by atoms with Gasteiger partial charge < -0.3 is 0 Å². The molecule has 0 saturated heterocycles. The van der Waals surface area contributed by atoms with E-state index in [0.29, 0.717) is 6.04 Å². The Kier molecular flexibility index (Phi) is 3.53. The second-order valence-electron chi connectivity index (χ2n) is 3.06. The van der Waals surface area contributed by atoms with E-state index >= 15 is 0 Å². The standard InChI is InChI=1S/C10H16BrN/c1-4-12(5-2)9-7-6-8(3)10(9)11/h6-7,9H,4-5H2,1-3H3. The fourth-order valence-electron chi connectivity index (χ4n) is 1.53. The van der Waals surface area contributed by atoms with Crippen LogP contribution in [-0.4, -0.2) is 24.0 Å². The molecule has 0 saturated carbocycles. The quantitative estimate of drug-likeness (QED) is 0.720. The second-order valence-corrected chi connectivity index (χ2v) is 3.91. The van der Waals surface area contributed by atoms with Gasteiger partial charge in [0.25, 0.3) is 0 Å². The predicted octanol–water partition coefficient (Wildman–Crippen LogP) is 2.94. The van der Waals surface area contributed by atoms with E-state index in [2.05, 4.69) is 53.8 Å². The summed E-state index contributed by atoms with van der Waals surface area (Å²) in [6.07, 6.45) is 4.44. The van der Waals surface area contributed by atoms with Crippen LogP contribution in [0.1, 0.15) is 20.8 Å². The summed E-state index contributed by atoms with van der Waals surface area (Å²) >= 11 is 3.63. The van der Waals surface area contributed by atoms with Crippen LogP contribution in [-0.2, 0) is 0 Å². The zero-order chi connectivity index (χ0) is 9.14. The summed E-state index contributed by atoms with van der Waals surface area (Å²) < 4.78 is 1.33. The molecular formula is C10H16BrN. The Morgan fingerprint density at radius 2 is 2.00 bits per heavy atom. The molecule has 0 fully saturated rings. The number of hydrogen-bond acceptors (Lipinski definition) is 1. The maximum Gasteiger partial charge on any atom is 0.0603 e. The van der Waals surface area contributed by atoms with Gasteiger partial charge in [0.2, 0.25) is 0 Å². The first-order valence-electron chi connectivity index (χ1n) is 4.49. The highest BCUT2D eigenvalue weighted by atomic mass is 79.9.